The van der Waals surface area contributed by atoms with Crippen LogP contribution in [-0.2, 0) is 10.2 Å². The van der Waals surface area contributed by atoms with E-state index in [-0.39, 0.29) is 5.91 Å². The number of likely N-dealkylation sites (N-methyl/N-ethyl adjacent to an activating group) is 1. The molecule has 31 heavy (non-hydrogen) atoms. The number of benzene rings is 1. The number of carbonyl (C=O) groups is 1. The third kappa shape index (κ3) is 4.27. The maximum Gasteiger partial charge on any atom is 0.282 e. The molecule has 1 amide bonds. The lowest BCUT2D eigenvalue weighted by molar-refractivity contribution is 0.0691. The molecule has 0 saturated carbocycles. The van der Waals surface area contributed by atoms with Gasteiger partial charge in [0.05, 0.1) is 5.56 Å². The molecule has 0 unspecified atom stereocenters. The smallest absolute Gasteiger partial charge is 0.282 e. The molecule has 0 aliphatic carbocycles. The van der Waals surface area contributed by atoms with E-state index in [1.807, 2.05) is 57.3 Å². The molecule has 0 atom stereocenters. The van der Waals surface area contributed by atoms with Crippen molar-refractivity contribution in [1.82, 2.24) is 23.0 Å². The van der Waals surface area contributed by atoms with Crippen LogP contribution in [0.1, 0.15) is 21.7 Å². The highest BCUT2D eigenvalue weighted by Gasteiger charge is 2.35. The molecule has 2 aromatic rings. The minimum atomic E-state index is -3.47. The molecule has 3 heterocycles. The fourth-order valence-electron chi connectivity index (χ4n) is 4.43. The molecule has 2 fully saturated rings. The van der Waals surface area contributed by atoms with Gasteiger partial charge in [0.1, 0.15) is 0 Å². The molecule has 0 radical (unpaired) electrons. The molecule has 4 rings (SSSR count). The molecule has 9 heteroatoms. The van der Waals surface area contributed by atoms with Gasteiger partial charge in [-0.2, -0.15) is 17.0 Å². The largest absolute Gasteiger partial charge is 0.336 e. The average Bonchev–Trinajstić information content (AvgIpc) is 3.08. The van der Waals surface area contributed by atoms with Crippen molar-refractivity contribution in [3.63, 3.8) is 0 Å². The first-order valence-corrected chi connectivity index (χ1v) is 12.2. The first kappa shape index (κ1) is 22.0. The molecule has 8 nitrogen and oxygen atoms in total. The number of rotatable bonds is 4. The van der Waals surface area contributed by atoms with E-state index in [4.69, 9.17) is 0 Å². The molecular weight excluding hydrogens is 414 g/mol. The molecular formula is C22H31N5O3S. The second-order valence-corrected chi connectivity index (χ2v) is 10.3. The third-order valence-electron chi connectivity index (χ3n) is 6.32. The fourth-order valence-corrected chi connectivity index (χ4v) is 6.00. The van der Waals surface area contributed by atoms with Gasteiger partial charge in [-0.05, 0) is 39.1 Å². The zero-order valence-electron chi connectivity index (χ0n) is 18.5. The molecule has 0 N–H and O–H groups in total. The zero-order valence-corrected chi connectivity index (χ0v) is 19.3. The molecule has 0 bridgehead atoms. The van der Waals surface area contributed by atoms with Gasteiger partial charge in [-0.1, -0.05) is 18.2 Å². The Morgan fingerprint density at radius 3 is 1.97 bits per heavy atom. The Morgan fingerprint density at radius 1 is 0.839 bits per heavy atom. The SMILES string of the molecule is Cc1cc(C(=O)N2CCN(S(=O)(=O)N3CCN(C)CC3)CC2)c(C)n1-c1ccccc1. The number of hydrogen-bond donors (Lipinski definition) is 0. The minimum absolute atomic E-state index is 0.0353. The fraction of sp³-hybridized carbons (Fsp3) is 0.500. The molecule has 2 aliphatic rings. The number of nitrogens with zero attached hydrogens (tertiary/aromatic N) is 5. The van der Waals surface area contributed by atoms with Crippen LogP contribution in [0.4, 0.5) is 0 Å². The van der Waals surface area contributed by atoms with Gasteiger partial charge in [-0.3, -0.25) is 4.79 Å². The monoisotopic (exact) mass is 445 g/mol. The van der Waals surface area contributed by atoms with E-state index in [9.17, 15) is 13.2 Å². The van der Waals surface area contributed by atoms with Crippen LogP contribution in [0.3, 0.4) is 0 Å². The van der Waals surface area contributed by atoms with Gasteiger partial charge in [0.15, 0.2) is 0 Å². The number of para-hydroxylation sites is 1. The summed E-state index contributed by atoms with van der Waals surface area (Å²) in [5.74, 6) is -0.0353. The van der Waals surface area contributed by atoms with Gasteiger partial charge < -0.3 is 14.4 Å². The zero-order chi connectivity index (χ0) is 22.2. The quantitative estimate of drug-likeness (QED) is 0.712. The predicted molar refractivity (Wildman–Crippen MR) is 121 cm³/mol. The second kappa shape index (κ2) is 8.74. The minimum Gasteiger partial charge on any atom is -0.336 e. The van der Waals surface area contributed by atoms with Crippen LogP contribution in [0.2, 0.25) is 0 Å². The summed E-state index contributed by atoms with van der Waals surface area (Å²) >= 11 is 0. The first-order valence-electron chi connectivity index (χ1n) is 10.8. The van der Waals surface area contributed by atoms with Crippen molar-refractivity contribution in [3.8, 4) is 5.69 Å². The van der Waals surface area contributed by atoms with Gasteiger partial charge in [0, 0.05) is 69.4 Å². The number of piperazine rings is 2. The van der Waals surface area contributed by atoms with Gasteiger partial charge in [-0.15, -0.1) is 0 Å². The Labute approximate surface area is 184 Å². The van der Waals surface area contributed by atoms with Crippen molar-refractivity contribution >= 4 is 16.1 Å². The molecule has 168 valence electrons. The Hall–Kier alpha value is -2.20. The highest BCUT2D eigenvalue weighted by atomic mass is 32.2. The maximum absolute atomic E-state index is 13.2. The number of carbonyl (C=O) groups excluding carboxylic acids is 1. The summed E-state index contributed by atoms with van der Waals surface area (Å²) in [6.45, 7) is 7.95. The summed E-state index contributed by atoms with van der Waals surface area (Å²) in [6, 6.07) is 11.9. The molecule has 1 aromatic heterocycles. The molecule has 2 aliphatic heterocycles. The first-order chi connectivity index (χ1) is 14.8. The number of amides is 1. The van der Waals surface area contributed by atoms with Gasteiger partial charge >= 0.3 is 0 Å². The van der Waals surface area contributed by atoms with Crippen LogP contribution >= 0.6 is 0 Å². The maximum atomic E-state index is 13.2. The van der Waals surface area contributed by atoms with Crippen molar-refractivity contribution in [2.45, 2.75) is 13.8 Å². The summed E-state index contributed by atoms with van der Waals surface area (Å²) in [4.78, 5) is 17.1. The van der Waals surface area contributed by atoms with E-state index >= 15 is 0 Å². The van der Waals surface area contributed by atoms with Crippen molar-refractivity contribution in [3.05, 3.63) is 53.3 Å². The van der Waals surface area contributed by atoms with E-state index in [1.165, 1.54) is 4.31 Å². The van der Waals surface area contributed by atoms with Gasteiger partial charge in [0.25, 0.3) is 16.1 Å². The van der Waals surface area contributed by atoms with E-state index in [0.29, 0.717) is 44.8 Å². The standard InChI is InChI=1S/C22H31N5O3S/c1-18-17-21(19(2)27(18)20-7-5-4-6-8-20)22(28)24-11-15-26(16-12-24)31(29,30)25-13-9-23(3)10-14-25/h4-8,17H,9-16H2,1-3H3. The topological polar surface area (TPSA) is 69.1 Å². The van der Waals surface area contributed by atoms with Crippen LogP contribution in [0, 0.1) is 13.8 Å². The lowest BCUT2D eigenvalue weighted by Gasteiger charge is -2.39. The Kier molecular flexibility index (Phi) is 6.20. The van der Waals surface area contributed by atoms with Crippen molar-refractivity contribution < 1.29 is 13.2 Å². The summed E-state index contributed by atoms with van der Waals surface area (Å²) in [6.07, 6.45) is 0. The Morgan fingerprint density at radius 2 is 1.39 bits per heavy atom. The molecule has 2 saturated heterocycles. The van der Waals surface area contributed by atoms with E-state index in [1.54, 1.807) is 9.21 Å². The van der Waals surface area contributed by atoms with Crippen molar-refractivity contribution in [2.75, 3.05) is 59.4 Å². The average molecular weight is 446 g/mol. The number of aryl methyl sites for hydroxylation is 1. The summed E-state index contributed by atoms with van der Waals surface area (Å²) in [5, 5.41) is 0. The summed E-state index contributed by atoms with van der Waals surface area (Å²) < 4.78 is 31.1. The second-order valence-electron chi connectivity index (χ2n) is 8.36. The van der Waals surface area contributed by atoms with Crippen LogP contribution < -0.4 is 0 Å². The van der Waals surface area contributed by atoms with Gasteiger partial charge in [0.2, 0.25) is 0 Å². The van der Waals surface area contributed by atoms with Crippen LogP contribution in [0.5, 0.6) is 0 Å². The Balaban J connectivity index is 1.44. The number of aromatic nitrogens is 1. The van der Waals surface area contributed by atoms with Crippen LogP contribution in [-0.4, -0.2) is 96.7 Å². The highest BCUT2D eigenvalue weighted by Crippen LogP contribution is 2.23. The lowest BCUT2D eigenvalue weighted by Crippen LogP contribution is -2.57. The van der Waals surface area contributed by atoms with Gasteiger partial charge in [-0.25, -0.2) is 0 Å². The van der Waals surface area contributed by atoms with E-state index < -0.39 is 10.2 Å². The lowest BCUT2D eigenvalue weighted by atomic mass is 10.2. The van der Waals surface area contributed by atoms with Crippen molar-refractivity contribution in [2.24, 2.45) is 0 Å². The van der Waals surface area contributed by atoms with E-state index in [2.05, 4.69) is 9.47 Å². The molecule has 0 spiro atoms. The predicted octanol–water partition coefficient (Wildman–Crippen LogP) is 1.34. The van der Waals surface area contributed by atoms with Crippen molar-refractivity contribution in [1.29, 1.82) is 0 Å². The van der Waals surface area contributed by atoms with E-state index in [0.717, 1.165) is 30.2 Å². The van der Waals surface area contributed by atoms with Crippen LogP contribution in [0.15, 0.2) is 36.4 Å². The number of hydrogen-bond acceptors (Lipinski definition) is 4. The Bertz CT molecular complexity index is 1030. The normalized spacial score (nSPS) is 19.6. The summed E-state index contributed by atoms with van der Waals surface area (Å²) in [7, 11) is -1.47. The van der Waals surface area contributed by atoms with Crippen LogP contribution in [0.25, 0.3) is 5.69 Å². The highest BCUT2D eigenvalue weighted by molar-refractivity contribution is 7.86. The summed E-state index contributed by atoms with van der Waals surface area (Å²) in [5.41, 5.74) is 3.61. The third-order valence-corrected chi connectivity index (χ3v) is 8.35. The molecule has 1 aromatic carbocycles.